The van der Waals surface area contributed by atoms with Crippen LogP contribution in [0.3, 0.4) is 0 Å². The summed E-state index contributed by atoms with van der Waals surface area (Å²) < 4.78 is 7.22. The summed E-state index contributed by atoms with van der Waals surface area (Å²) in [7, 11) is 0. The Bertz CT molecular complexity index is 1440. The van der Waals surface area contributed by atoms with Crippen molar-refractivity contribution in [1.82, 2.24) is 4.57 Å². The molecule has 4 aromatic rings. The number of anilines is 1. The Hall–Kier alpha value is -4.19. The van der Waals surface area contributed by atoms with Gasteiger partial charge >= 0.3 is 0 Å². The summed E-state index contributed by atoms with van der Waals surface area (Å²) in [6.07, 6.45) is 2.34. The van der Waals surface area contributed by atoms with Crippen LogP contribution >= 0.6 is 0 Å². The third kappa shape index (κ3) is 5.32. The fourth-order valence-corrected chi connectivity index (χ4v) is 3.97. The van der Waals surface area contributed by atoms with Gasteiger partial charge in [-0.25, -0.2) is 0 Å². The highest BCUT2D eigenvalue weighted by Gasteiger charge is 2.19. The van der Waals surface area contributed by atoms with Crippen molar-refractivity contribution in [3.05, 3.63) is 105 Å². The van der Waals surface area contributed by atoms with Crippen LogP contribution in [0.5, 0.6) is 5.75 Å². The van der Waals surface area contributed by atoms with Crippen LogP contribution < -0.4 is 15.5 Å². The zero-order valence-electron chi connectivity index (χ0n) is 20.1. The van der Waals surface area contributed by atoms with Gasteiger partial charge in [-0.3, -0.25) is 14.4 Å². The van der Waals surface area contributed by atoms with Gasteiger partial charge in [-0.2, -0.15) is 0 Å². The molecule has 0 aliphatic carbocycles. The molecule has 0 atom stereocenters. The van der Waals surface area contributed by atoms with E-state index < -0.39 is 0 Å². The van der Waals surface area contributed by atoms with E-state index in [2.05, 4.69) is 5.32 Å². The zero-order chi connectivity index (χ0) is 24.9. The van der Waals surface area contributed by atoms with Gasteiger partial charge in [-0.1, -0.05) is 48.9 Å². The topological polar surface area (TPSA) is 77.4 Å². The van der Waals surface area contributed by atoms with Gasteiger partial charge in [-0.15, -0.1) is 0 Å². The minimum absolute atomic E-state index is 0.0125. The first kappa shape index (κ1) is 24.0. The first-order valence-corrected chi connectivity index (χ1v) is 11.7. The van der Waals surface area contributed by atoms with Gasteiger partial charge in [-0.05, 0) is 56.2 Å². The molecule has 0 aliphatic rings. The molecular weight excluding hydrogens is 440 g/mol. The monoisotopic (exact) mass is 468 g/mol. The largest absolute Gasteiger partial charge is 0.494 e. The van der Waals surface area contributed by atoms with Crippen molar-refractivity contribution in [1.29, 1.82) is 0 Å². The van der Waals surface area contributed by atoms with E-state index in [1.54, 1.807) is 34.9 Å². The quantitative estimate of drug-likeness (QED) is 0.363. The van der Waals surface area contributed by atoms with Crippen LogP contribution in [-0.2, 0) is 17.8 Å². The van der Waals surface area contributed by atoms with E-state index in [4.69, 9.17) is 4.74 Å². The maximum Gasteiger partial charge on any atom is 0.244 e. The Morgan fingerprint density at radius 2 is 1.66 bits per heavy atom. The minimum Gasteiger partial charge on any atom is -0.494 e. The van der Waals surface area contributed by atoms with E-state index in [1.165, 1.54) is 6.20 Å². The SMILES string of the molecule is CCOc1ccc2c(c1)c(=O)c(C(=O)c1ccc(CC)cc1)cn2CC(=O)Nc1ccc(C)cc1. The maximum atomic E-state index is 13.4. The molecule has 4 rings (SSSR count). The number of pyridine rings is 1. The molecule has 0 aliphatic heterocycles. The summed E-state index contributed by atoms with van der Waals surface area (Å²) in [6, 6.07) is 19.9. The number of carbonyl (C=O) groups excluding carboxylic acids is 2. The third-order valence-corrected chi connectivity index (χ3v) is 5.88. The average molecular weight is 469 g/mol. The lowest BCUT2D eigenvalue weighted by Crippen LogP contribution is -2.24. The molecule has 1 heterocycles. The van der Waals surface area contributed by atoms with Gasteiger partial charge in [0.2, 0.25) is 11.3 Å². The number of nitrogens with one attached hydrogen (secondary N) is 1. The molecule has 1 N–H and O–H groups in total. The van der Waals surface area contributed by atoms with Gasteiger partial charge in [0.05, 0.1) is 23.1 Å². The van der Waals surface area contributed by atoms with Crippen LogP contribution in [0.4, 0.5) is 5.69 Å². The van der Waals surface area contributed by atoms with Crippen molar-refractivity contribution < 1.29 is 14.3 Å². The standard InChI is InChI=1S/C29H28N2O4/c1-4-20-8-10-21(11-9-20)28(33)25-17-31(18-27(32)30-22-12-6-19(3)7-13-22)26-15-14-23(35-5-2)16-24(26)29(25)34/h6-17H,4-5,18H2,1-3H3,(H,30,32). The van der Waals surface area contributed by atoms with Crippen LogP contribution in [0.1, 0.15) is 40.9 Å². The summed E-state index contributed by atoms with van der Waals surface area (Å²) in [5.41, 5.74) is 3.48. The second-order valence-electron chi connectivity index (χ2n) is 8.41. The molecule has 3 aromatic carbocycles. The molecule has 178 valence electrons. The van der Waals surface area contributed by atoms with E-state index in [0.717, 1.165) is 17.5 Å². The smallest absolute Gasteiger partial charge is 0.244 e. The molecule has 6 nitrogen and oxygen atoms in total. The van der Waals surface area contributed by atoms with Gasteiger partial charge in [0.1, 0.15) is 12.3 Å². The van der Waals surface area contributed by atoms with E-state index in [-0.39, 0.29) is 29.2 Å². The lowest BCUT2D eigenvalue weighted by molar-refractivity contribution is -0.116. The molecular formula is C29H28N2O4. The normalized spacial score (nSPS) is 10.8. The number of benzene rings is 3. The first-order chi connectivity index (χ1) is 16.9. The Balaban J connectivity index is 1.76. The highest BCUT2D eigenvalue weighted by molar-refractivity contribution is 6.10. The van der Waals surface area contributed by atoms with Crippen LogP contribution in [0.2, 0.25) is 0 Å². The van der Waals surface area contributed by atoms with Crippen molar-refractivity contribution in [2.45, 2.75) is 33.7 Å². The van der Waals surface area contributed by atoms with Crippen LogP contribution in [0, 0.1) is 6.92 Å². The second-order valence-corrected chi connectivity index (χ2v) is 8.41. The number of aryl methyl sites for hydroxylation is 2. The molecule has 1 amide bonds. The van der Waals surface area contributed by atoms with Crippen molar-refractivity contribution in [2.24, 2.45) is 0 Å². The Labute approximate surface area is 204 Å². The number of fused-ring (bicyclic) bond motifs is 1. The molecule has 0 unspecified atom stereocenters. The minimum atomic E-state index is -0.388. The number of nitrogens with zero attached hydrogens (tertiary/aromatic N) is 1. The predicted molar refractivity (Wildman–Crippen MR) is 138 cm³/mol. The molecule has 35 heavy (non-hydrogen) atoms. The first-order valence-electron chi connectivity index (χ1n) is 11.7. The summed E-state index contributed by atoms with van der Waals surface area (Å²) in [4.78, 5) is 39.6. The van der Waals surface area contributed by atoms with E-state index in [0.29, 0.717) is 34.5 Å². The van der Waals surface area contributed by atoms with Gasteiger partial charge < -0.3 is 14.6 Å². The van der Waals surface area contributed by atoms with Crippen molar-refractivity contribution in [2.75, 3.05) is 11.9 Å². The molecule has 0 radical (unpaired) electrons. The highest BCUT2D eigenvalue weighted by atomic mass is 16.5. The van der Waals surface area contributed by atoms with Crippen LogP contribution in [-0.4, -0.2) is 22.9 Å². The van der Waals surface area contributed by atoms with Gasteiger partial charge in [0.25, 0.3) is 0 Å². The summed E-state index contributed by atoms with van der Waals surface area (Å²) in [5.74, 6) is -0.114. The van der Waals surface area contributed by atoms with E-state index >= 15 is 0 Å². The molecule has 0 saturated heterocycles. The number of amides is 1. The summed E-state index contributed by atoms with van der Waals surface area (Å²) in [5, 5.41) is 3.20. The number of ketones is 1. The number of carbonyl (C=O) groups is 2. The Morgan fingerprint density at radius 1 is 0.943 bits per heavy atom. The number of ether oxygens (including phenoxy) is 1. The Morgan fingerprint density at radius 3 is 2.31 bits per heavy atom. The third-order valence-electron chi connectivity index (χ3n) is 5.88. The fourth-order valence-electron chi connectivity index (χ4n) is 3.97. The number of hydrogen-bond acceptors (Lipinski definition) is 4. The second kappa shape index (κ2) is 10.4. The number of aromatic nitrogens is 1. The van der Waals surface area contributed by atoms with Crippen molar-refractivity contribution in [3.8, 4) is 5.75 Å². The van der Waals surface area contributed by atoms with Gasteiger partial charge in [0, 0.05) is 17.4 Å². The highest BCUT2D eigenvalue weighted by Crippen LogP contribution is 2.21. The molecule has 0 bridgehead atoms. The van der Waals surface area contributed by atoms with Crippen molar-refractivity contribution >= 4 is 28.3 Å². The number of hydrogen-bond donors (Lipinski definition) is 1. The molecule has 0 spiro atoms. The van der Waals surface area contributed by atoms with Crippen LogP contribution in [0.15, 0.2) is 77.7 Å². The summed E-state index contributed by atoms with van der Waals surface area (Å²) >= 11 is 0. The lowest BCUT2D eigenvalue weighted by atomic mass is 10.0. The van der Waals surface area contributed by atoms with Gasteiger partial charge in [0.15, 0.2) is 5.78 Å². The fraction of sp³-hybridized carbons (Fsp3) is 0.207. The molecule has 1 aromatic heterocycles. The van der Waals surface area contributed by atoms with Crippen molar-refractivity contribution in [3.63, 3.8) is 0 Å². The Kier molecular flexibility index (Phi) is 7.11. The molecule has 6 heteroatoms. The molecule has 0 saturated carbocycles. The zero-order valence-corrected chi connectivity index (χ0v) is 20.1. The maximum absolute atomic E-state index is 13.4. The summed E-state index contributed by atoms with van der Waals surface area (Å²) in [6.45, 7) is 6.26. The average Bonchev–Trinajstić information content (AvgIpc) is 2.87. The van der Waals surface area contributed by atoms with E-state index in [9.17, 15) is 14.4 Å². The number of rotatable bonds is 8. The van der Waals surface area contributed by atoms with Crippen LogP contribution in [0.25, 0.3) is 10.9 Å². The molecule has 0 fully saturated rings. The van der Waals surface area contributed by atoms with E-state index in [1.807, 2.05) is 57.2 Å². The predicted octanol–water partition coefficient (Wildman–Crippen LogP) is 5.14. The lowest BCUT2D eigenvalue weighted by Gasteiger charge is -2.15.